The molecule has 2 unspecified atom stereocenters. The van der Waals surface area contributed by atoms with Crippen LogP contribution in [0.4, 0.5) is 0 Å². The molecular weight excluding hydrogens is 308 g/mol. The number of nitrogens with one attached hydrogen (secondary N) is 1. The Morgan fingerprint density at radius 2 is 2.05 bits per heavy atom. The summed E-state index contributed by atoms with van der Waals surface area (Å²) in [6.45, 7) is 4.10. The van der Waals surface area contributed by atoms with Crippen molar-refractivity contribution < 1.29 is 23.1 Å². The molecule has 22 heavy (non-hydrogen) atoms. The second-order valence-corrected chi connectivity index (χ2v) is 7.90. The maximum Gasteiger partial charge on any atom is 0.326 e. The standard InChI is InChI=1S/C14H26N2O5S/c1-3-5-8-12(14(18)19)15-13(17)11-7-6-9-16(10-11)22(20,21)4-2/h11-12H,3-10H2,1-2H3,(H,15,17)(H,18,19). The summed E-state index contributed by atoms with van der Waals surface area (Å²) in [5.41, 5.74) is 0. The quantitative estimate of drug-likeness (QED) is 0.683. The third kappa shape index (κ3) is 5.24. The first-order valence-electron chi connectivity index (χ1n) is 7.82. The minimum atomic E-state index is -3.31. The largest absolute Gasteiger partial charge is 0.480 e. The van der Waals surface area contributed by atoms with Crippen molar-refractivity contribution in [2.24, 2.45) is 5.92 Å². The van der Waals surface area contributed by atoms with Crippen molar-refractivity contribution in [1.82, 2.24) is 9.62 Å². The molecule has 8 heteroatoms. The van der Waals surface area contributed by atoms with E-state index in [2.05, 4.69) is 5.32 Å². The molecule has 2 atom stereocenters. The van der Waals surface area contributed by atoms with E-state index in [4.69, 9.17) is 5.11 Å². The van der Waals surface area contributed by atoms with E-state index in [0.29, 0.717) is 25.8 Å². The minimum Gasteiger partial charge on any atom is -0.480 e. The fourth-order valence-corrected chi connectivity index (χ4v) is 3.73. The molecule has 1 amide bonds. The average molecular weight is 334 g/mol. The maximum absolute atomic E-state index is 12.2. The monoisotopic (exact) mass is 334 g/mol. The van der Waals surface area contributed by atoms with Crippen LogP contribution in [0.5, 0.6) is 0 Å². The van der Waals surface area contributed by atoms with Gasteiger partial charge in [0, 0.05) is 13.1 Å². The topological polar surface area (TPSA) is 104 Å². The predicted octanol–water partition coefficient (Wildman–Crippen LogP) is 0.808. The Kier molecular flexibility index (Phi) is 7.28. The number of sulfonamides is 1. The van der Waals surface area contributed by atoms with E-state index < -0.39 is 28.0 Å². The fraction of sp³-hybridized carbons (Fsp3) is 0.857. The third-order valence-electron chi connectivity index (χ3n) is 3.97. The number of aliphatic carboxylic acids is 1. The highest BCUT2D eigenvalue weighted by atomic mass is 32.2. The Morgan fingerprint density at radius 1 is 1.36 bits per heavy atom. The van der Waals surface area contributed by atoms with Crippen molar-refractivity contribution >= 4 is 21.9 Å². The van der Waals surface area contributed by atoms with Crippen LogP contribution >= 0.6 is 0 Å². The zero-order valence-corrected chi connectivity index (χ0v) is 14.1. The molecule has 1 rings (SSSR count). The van der Waals surface area contributed by atoms with E-state index in [9.17, 15) is 18.0 Å². The van der Waals surface area contributed by atoms with Crippen LogP contribution in [0.1, 0.15) is 46.0 Å². The van der Waals surface area contributed by atoms with Gasteiger partial charge in [0.25, 0.3) is 0 Å². The Balaban J connectivity index is 2.66. The van der Waals surface area contributed by atoms with Crippen molar-refractivity contribution in [3.63, 3.8) is 0 Å². The number of nitrogens with zero attached hydrogens (tertiary/aromatic N) is 1. The minimum absolute atomic E-state index is 0.00951. The van der Waals surface area contributed by atoms with Crippen molar-refractivity contribution in [1.29, 1.82) is 0 Å². The first kappa shape index (κ1) is 18.9. The molecule has 1 aliphatic heterocycles. The van der Waals surface area contributed by atoms with Crippen molar-refractivity contribution in [3.05, 3.63) is 0 Å². The van der Waals surface area contributed by atoms with E-state index in [1.54, 1.807) is 6.92 Å². The summed E-state index contributed by atoms with van der Waals surface area (Å²) in [7, 11) is -3.31. The van der Waals surface area contributed by atoms with Crippen LogP contribution in [-0.2, 0) is 19.6 Å². The number of rotatable bonds is 8. The van der Waals surface area contributed by atoms with Crippen molar-refractivity contribution in [2.75, 3.05) is 18.8 Å². The Bertz CT molecular complexity index is 491. The third-order valence-corrected chi connectivity index (χ3v) is 5.82. The summed E-state index contributed by atoms with van der Waals surface area (Å²) in [4.78, 5) is 23.4. The second-order valence-electron chi connectivity index (χ2n) is 5.64. The zero-order valence-electron chi connectivity index (χ0n) is 13.2. The number of carboxylic acid groups (broad SMARTS) is 1. The molecule has 0 aliphatic carbocycles. The number of piperidine rings is 1. The number of hydrogen-bond donors (Lipinski definition) is 2. The summed E-state index contributed by atoms with van der Waals surface area (Å²) < 4.78 is 25.1. The number of amides is 1. The highest BCUT2D eigenvalue weighted by Gasteiger charge is 2.32. The van der Waals surface area contributed by atoms with E-state index >= 15 is 0 Å². The van der Waals surface area contributed by atoms with Crippen LogP contribution < -0.4 is 5.32 Å². The number of carbonyl (C=O) groups excluding carboxylic acids is 1. The SMILES string of the molecule is CCCCC(NC(=O)C1CCCN(S(=O)(=O)CC)C1)C(=O)O. The number of unbranched alkanes of at least 4 members (excludes halogenated alkanes) is 1. The van der Waals surface area contributed by atoms with Crippen LogP contribution in [0.2, 0.25) is 0 Å². The Hall–Kier alpha value is -1.15. The lowest BCUT2D eigenvalue weighted by atomic mass is 9.98. The molecule has 0 saturated carbocycles. The zero-order chi connectivity index (χ0) is 16.8. The van der Waals surface area contributed by atoms with Crippen LogP contribution in [-0.4, -0.2) is 54.6 Å². The molecule has 0 aromatic carbocycles. The van der Waals surface area contributed by atoms with E-state index in [0.717, 1.165) is 12.8 Å². The molecule has 1 aliphatic rings. The molecule has 128 valence electrons. The maximum atomic E-state index is 12.2. The van der Waals surface area contributed by atoms with Crippen LogP contribution in [0.15, 0.2) is 0 Å². The number of carboxylic acids is 1. The van der Waals surface area contributed by atoms with E-state index in [1.165, 1.54) is 4.31 Å². The second kappa shape index (κ2) is 8.47. The van der Waals surface area contributed by atoms with Gasteiger partial charge in [0.15, 0.2) is 0 Å². The van der Waals surface area contributed by atoms with E-state index in [-0.39, 0.29) is 18.2 Å². The van der Waals surface area contributed by atoms with Gasteiger partial charge in [0.1, 0.15) is 6.04 Å². The summed E-state index contributed by atoms with van der Waals surface area (Å²) in [6, 6.07) is -0.898. The summed E-state index contributed by atoms with van der Waals surface area (Å²) in [6.07, 6.45) is 3.16. The normalized spacial score (nSPS) is 21.3. The first-order chi connectivity index (χ1) is 10.3. The van der Waals surface area contributed by atoms with Gasteiger partial charge in [-0.2, -0.15) is 0 Å². The summed E-state index contributed by atoms with van der Waals surface area (Å²) in [5, 5.41) is 11.7. The van der Waals surface area contributed by atoms with E-state index in [1.807, 2.05) is 6.92 Å². The molecule has 0 spiro atoms. The highest BCUT2D eigenvalue weighted by Crippen LogP contribution is 2.20. The van der Waals surface area contributed by atoms with Crippen LogP contribution in [0, 0.1) is 5.92 Å². The fourth-order valence-electron chi connectivity index (χ4n) is 2.55. The van der Waals surface area contributed by atoms with Gasteiger partial charge in [-0.1, -0.05) is 19.8 Å². The van der Waals surface area contributed by atoms with Gasteiger partial charge in [0.05, 0.1) is 11.7 Å². The van der Waals surface area contributed by atoms with Gasteiger partial charge in [-0.25, -0.2) is 17.5 Å². The molecule has 1 fully saturated rings. The van der Waals surface area contributed by atoms with Crippen LogP contribution in [0.3, 0.4) is 0 Å². The molecule has 0 aromatic rings. The number of hydrogen-bond acceptors (Lipinski definition) is 4. The van der Waals surface area contributed by atoms with Gasteiger partial charge < -0.3 is 10.4 Å². The van der Waals surface area contributed by atoms with Gasteiger partial charge in [-0.3, -0.25) is 4.79 Å². The van der Waals surface area contributed by atoms with Crippen molar-refractivity contribution in [3.8, 4) is 0 Å². The summed E-state index contributed by atoms with van der Waals surface area (Å²) >= 11 is 0. The molecule has 1 saturated heterocycles. The molecular formula is C14H26N2O5S. The molecule has 1 heterocycles. The predicted molar refractivity (Wildman–Crippen MR) is 82.8 cm³/mol. The molecule has 2 N–H and O–H groups in total. The number of carbonyl (C=O) groups is 2. The average Bonchev–Trinajstić information content (AvgIpc) is 2.51. The lowest BCUT2D eigenvalue weighted by molar-refractivity contribution is -0.143. The van der Waals surface area contributed by atoms with Gasteiger partial charge in [0.2, 0.25) is 15.9 Å². The highest BCUT2D eigenvalue weighted by molar-refractivity contribution is 7.89. The Labute approximate surface area is 132 Å². The van der Waals surface area contributed by atoms with Gasteiger partial charge in [-0.05, 0) is 26.2 Å². The van der Waals surface area contributed by atoms with Crippen LogP contribution in [0.25, 0.3) is 0 Å². The smallest absolute Gasteiger partial charge is 0.326 e. The lowest BCUT2D eigenvalue weighted by Crippen LogP contribution is -2.49. The van der Waals surface area contributed by atoms with Gasteiger partial charge in [-0.15, -0.1) is 0 Å². The molecule has 0 bridgehead atoms. The Morgan fingerprint density at radius 3 is 2.59 bits per heavy atom. The summed E-state index contributed by atoms with van der Waals surface area (Å²) in [5.74, 6) is -1.87. The first-order valence-corrected chi connectivity index (χ1v) is 9.43. The molecule has 0 radical (unpaired) electrons. The lowest BCUT2D eigenvalue weighted by Gasteiger charge is -2.31. The molecule has 0 aromatic heterocycles. The van der Waals surface area contributed by atoms with Crippen molar-refractivity contribution in [2.45, 2.75) is 52.0 Å². The molecule has 7 nitrogen and oxygen atoms in total. The van der Waals surface area contributed by atoms with Gasteiger partial charge >= 0.3 is 5.97 Å².